The Hall–Kier alpha value is -2.60. The lowest BCUT2D eigenvalue weighted by Gasteiger charge is -2.28. The van der Waals surface area contributed by atoms with E-state index in [0.717, 1.165) is 5.56 Å². The first-order valence-electron chi connectivity index (χ1n) is 8.41. The minimum atomic E-state index is -0.517. The van der Waals surface area contributed by atoms with Crippen LogP contribution in [0.5, 0.6) is 0 Å². The second-order valence-corrected chi connectivity index (χ2v) is 6.31. The van der Waals surface area contributed by atoms with Gasteiger partial charge in [-0.15, -0.1) is 0 Å². The molecule has 1 aromatic carbocycles. The molecule has 6 heteroatoms. The van der Waals surface area contributed by atoms with Crippen molar-refractivity contribution < 1.29 is 9.90 Å². The van der Waals surface area contributed by atoms with E-state index in [1.54, 1.807) is 22.9 Å². The maximum absolute atomic E-state index is 12.6. The SMILES string of the molecule is CCC(C)(CCO)NC(=O)Nc1cccn(Cc2ccccc2)c1=O. The number of aliphatic hydroxyl groups is 1. The predicted molar refractivity (Wildman–Crippen MR) is 98.8 cm³/mol. The van der Waals surface area contributed by atoms with Crippen molar-refractivity contribution in [3.63, 3.8) is 0 Å². The predicted octanol–water partition coefficient (Wildman–Crippen LogP) is 2.57. The van der Waals surface area contributed by atoms with Gasteiger partial charge in [-0.1, -0.05) is 37.3 Å². The Labute approximate surface area is 147 Å². The molecule has 134 valence electrons. The van der Waals surface area contributed by atoms with Crippen LogP contribution in [0, 0.1) is 0 Å². The van der Waals surface area contributed by atoms with Crippen molar-refractivity contribution >= 4 is 11.7 Å². The van der Waals surface area contributed by atoms with Crippen LogP contribution >= 0.6 is 0 Å². The van der Waals surface area contributed by atoms with Gasteiger partial charge in [0.15, 0.2) is 0 Å². The lowest BCUT2D eigenvalue weighted by molar-refractivity contribution is 0.208. The second kappa shape index (κ2) is 8.48. The van der Waals surface area contributed by atoms with E-state index in [-0.39, 0.29) is 17.9 Å². The van der Waals surface area contributed by atoms with Crippen LogP contribution in [-0.4, -0.2) is 27.9 Å². The fourth-order valence-electron chi connectivity index (χ4n) is 2.54. The van der Waals surface area contributed by atoms with Crippen LogP contribution in [-0.2, 0) is 6.54 Å². The van der Waals surface area contributed by atoms with Gasteiger partial charge in [0.05, 0.1) is 6.54 Å². The molecule has 1 unspecified atom stereocenters. The zero-order chi connectivity index (χ0) is 18.3. The fourth-order valence-corrected chi connectivity index (χ4v) is 2.54. The van der Waals surface area contributed by atoms with Gasteiger partial charge in [0.1, 0.15) is 5.69 Å². The molecule has 0 aliphatic heterocycles. The maximum Gasteiger partial charge on any atom is 0.319 e. The summed E-state index contributed by atoms with van der Waals surface area (Å²) < 4.78 is 1.55. The number of pyridine rings is 1. The first-order valence-corrected chi connectivity index (χ1v) is 8.41. The average Bonchev–Trinajstić information content (AvgIpc) is 2.59. The Morgan fingerprint density at radius 1 is 1.20 bits per heavy atom. The number of rotatable bonds is 7. The van der Waals surface area contributed by atoms with Crippen LogP contribution in [0.15, 0.2) is 53.5 Å². The lowest BCUT2D eigenvalue weighted by Crippen LogP contribution is -2.48. The molecule has 1 heterocycles. The third-order valence-electron chi connectivity index (χ3n) is 4.32. The van der Waals surface area contributed by atoms with E-state index in [1.165, 1.54) is 0 Å². The van der Waals surface area contributed by atoms with E-state index in [2.05, 4.69) is 10.6 Å². The summed E-state index contributed by atoms with van der Waals surface area (Å²) in [5.74, 6) is 0. The Balaban J connectivity index is 2.11. The van der Waals surface area contributed by atoms with E-state index in [0.29, 0.717) is 19.4 Å². The largest absolute Gasteiger partial charge is 0.396 e. The Morgan fingerprint density at radius 2 is 1.92 bits per heavy atom. The average molecular weight is 343 g/mol. The molecule has 2 amide bonds. The van der Waals surface area contributed by atoms with Crippen molar-refractivity contribution in [1.82, 2.24) is 9.88 Å². The van der Waals surface area contributed by atoms with Crippen molar-refractivity contribution in [3.05, 3.63) is 64.6 Å². The van der Waals surface area contributed by atoms with Crippen LogP contribution in [0.25, 0.3) is 0 Å². The van der Waals surface area contributed by atoms with Crippen LogP contribution in [0.2, 0.25) is 0 Å². The standard InChI is InChI=1S/C19H25N3O3/c1-3-19(2,11-13-23)21-18(25)20-16-10-7-12-22(17(16)24)14-15-8-5-4-6-9-15/h4-10,12,23H,3,11,13-14H2,1-2H3,(H2,20,21,25). The highest BCUT2D eigenvalue weighted by atomic mass is 16.3. The van der Waals surface area contributed by atoms with Crippen LogP contribution < -0.4 is 16.2 Å². The van der Waals surface area contributed by atoms with E-state index in [9.17, 15) is 9.59 Å². The molecule has 0 aliphatic carbocycles. The molecule has 0 saturated heterocycles. The van der Waals surface area contributed by atoms with Crippen molar-refractivity contribution in [1.29, 1.82) is 0 Å². The number of nitrogens with one attached hydrogen (secondary N) is 2. The van der Waals surface area contributed by atoms with Gasteiger partial charge < -0.3 is 20.3 Å². The highest BCUT2D eigenvalue weighted by Gasteiger charge is 2.24. The van der Waals surface area contributed by atoms with Gasteiger partial charge in [-0.2, -0.15) is 0 Å². The number of nitrogens with zero attached hydrogens (tertiary/aromatic N) is 1. The molecule has 2 aromatic rings. The molecule has 3 N–H and O–H groups in total. The van der Waals surface area contributed by atoms with Crippen molar-refractivity contribution in [2.75, 3.05) is 11.9 Å². The fraction of sp³-hybridized carbons (Fsp3) is 0.368. The molecule has 6 nitrogen and oxygen atoms in total. The maximum atomic E-state index is 12.6. The Bertz CT molecular complexity index is 758. The monoisotopic (exact) mass is 343 g/mol. The molecule has 0 radical (unpaired) electrons. The van der Waals surface area contributed by atoms with Crippen molar-refractivity contribution in [2.45, 2.75) is 38.8 Å². The summed E-state index contributed by atoms with van der Waals surface area (Å²) in [6.07, 6.45) is 2.82. The normalized spacial score (nSPS) is 13.1. The molecule has 0 fully saturated rings. The number of carbonyl (C=O) groups excluding carboxylic acids is 1. The van der Waals surface area contributed by atoms with Gasteiger partial charge in [-0.05, 0) is 37.5 Å². The zero-order valence-corrected chi connectivity index (χ0v) is 14.7. The van der Waals surface area contributed by atoms with E-state index >= 15 is 0 Å². The number of aromatic nitrogens is 1. The zero-order valence-electron chi connectivity index (χ0n) is 14.7. The van der Waals surface area contributed by atoms with Crippen LogP contribution in [0.3, 0.4) is 0 Å². The number of amides is 2. The van der Waals surface area contributed by atoms with E-state index < -0.39 is 11.6 Å². The van der Waals surface area contributed by atoms with Crippen molar-refractivity contribution in [3.8, 4) is 0 Å². The topological polar surface area (TPSA) is 83.4 Å². The summed E-state index contributed by atoms with van der Waals surface area (Å²) in [7, 11) is 0. The molecule has 1 aromatic heterocycles. The van der Waals surface area contributed by atoms with Gasteiger partial charge in [0, 0.05) is 18.3 Å². The van der Waals surface area contributed by atoms with Crippen LogP contribution in [0.1, 0.15) is 32.3 Å². The number of hydrogen-bond acceptors (Lipinski definition) is 3. The Morgan fingerprint density at radius 3 is 2.56 bits per heavy atom. The third kappa shape index (κ3) is 5.19. The highest BCUT2D eigenvalue weighted by molar-refractivity contribution is 5.89. The first-order chi connectivity index (χ1) is 12.0. The minimum Gasteiger partial charge on any atom is -0.396 e. The molecular weight excluding hydrogens is 318 g/mol. The van der Waals surface area contributed by atoms with E-state index in [1.807, 2.05) is 44.2 Å². The summed E-state index contributed by atoms with van der Waals surface area (Å²) in [6, 6.07) is 12.5. The van der Waals surface area contributed by atoms with Gasteiger partial charge >= 0.3 is 6.03 Å². The summed E-state index contributed by atoms with van der Waals surface area (Å²) in [5, 5.41) is 14.6. The van der Waals surface area contributed by atoms with Gasteiger partial charge in [0.2, 0.25) is 0 Å². The number of aliphatic hydroxyl groups excluding tert-OH is 1. The highest BCUT2D eigenvalue weighted by Crippen LogP contribution is 2.14. The summed E-state index contributed by atoms with van der Waals surface area (Å²) in [4.78, 5) is 24.8. The molecule has 0 bridgehead atoms. The smallest absolute Gasteiger partial charge is 0.319 e. The minimum absolute atomic E-state index is 0.0140. The summed E-state index contributed by atoms with van der Waals surface area (Å²) in [6.45, 7) is 4.22. The number of carbonyl (C=O) groups is 1. The summed E-state index contributed by atoms with van der Waals surface area (Å²) >= 11 is 0. The lowest BCUT2D eigenvalue weighted by atomic mass is 9.95. The number of urea groups is 1. The van der Waals surface area contributed by atoms with Crippen LogP contribution in [0.4, 0.5) is 10.5 Å². The number of benzene rings is 1. The Kier molecular flexibility index (Phi) is 6.36. The van der Waals surface area contributed by atoms with Gasteiger partial charge in [-0.25, -0.2) is 4.79 Å². The molecule has 25 heavy (non-hydrogen) atoms. The van der Waals surface area contributed by atoms with Crippen molar-refractivity contribution in [2.24, 2.45) is 0 Å². The number of anilines is 1. The molecule has 0 aliphatic rings. The molecule has 1 atom stereocenters. The van der Waals surface area contributed by atoms with Gasteiger partial charge in [-0.3, -0.25) is 4.79 Å². The van der Waals surface area contributed by atoms with Gasteiger partial charge in [0.25, 0.3) is 5.56 Å². The third-order valence-corrected chi connectivity index (χ3v) is 4.32. The molecule has 0 saturated carbocycles. The summed E-state index contributed by atoms with van der Waals surface area (Å²) in [5.41, 5.74) is 0.449. The second-order valence-electron chi connectivity index (χ2n) is 6.31. The molecule has 2 rings (SSSR count). The molecular formula is C19H25N3O3. The quantitative estimate of drug-likeness (QED) is 0.722. The van der Waals surface area contributed by atoms with E-state index in [4.69, 9.17) is 5.11 Å². The molecule has 0 spiro atoms. The first kappa shape index (κ1) is 18.7. The number of hydrogen-bond donors (Lipinski definition) is 3.